The van der Waals surface area contributed by atoms with Gasteiger partial charge < -0.3 is 10.6 Å². The Balaban J connectivity index is 0.000000902. The van der Waals surface area contributed by atoms with Crippen molar-refractivity contribution < 1.29 is 4.79 Å². The fraction of sp³-hybridized carbons (Fsp3) is 0.667. The van der Waals surface area contributed by atoms with E-state index in [9.17, 15) is 4.79 Å². The van der Waals surface area contributed by atoms with E-state index in [2.05, 4.69) is 15.6 Å². The molecule has 1 amide bonds. The summed E-state index contributed by atoms with van der Waals surface area (Å²) in [5.74, 6) is 0.475. The molecule has 3 rings (SSSR count). The third-order valence-electron chi connectivity index (χ3n) is 4.03. The summed E-state index contributed by atoms with van der Waals surface area (Å²) >= 11 is 1.57. The number of aromatic nitrogens is 1. The molecule has 1 spiro atoms. The molecule has 1 aromatic heterocycles. The van der Waals surface area contributed by atoms with Crippen LogP contribution in [0.4, 0.5) is 0 Å². The van der Waals surface area contributed by atoms with Crippen molar-refractivity contribution in [1.82, 2.24) is 15.6 Å². The van der Waals surface area contributed by atoms with E-state index in [-0.39, 0.29) is 36.6 Å². The second-order valence-corrected chi connectivity index (χ2v) is 5.79. The zero-order valence-corrected chi connectivity index (χ0v) is 13.0. The molecule has 2 heterocycles. The number of rotatable bonds is 3. The van der Waals surface area contributed by atoms with Gasteiger partial charge in [0.15, 0.2) is 0 Å². The first kappa shape index (κ1) is 16.7. The van der Waals surface area contributed by atoms with Gasteiger partial charge in [-0.1, -0.05) is 0 Å². The number of halogens is 2. The molecule has 0 radical (unpaired) electrons. The number of hydrogen-bond acceptors (Lipinski definition) is 4. The van der Waals surface area contributed by atoms with E-state index in [4.69, 9.17) is 0 Å². The highest BCUT2D eigenvalue weighted by molar-refractivity contribution is 7.07. The summed E-state index contributed by atoms with van der Waals surface area (Å²) in [5.41, 5.74) is 3.09. The molecular weight excluding hydrogens is 305 g/mol. The molecule has 1 aromatic rings. The summed E-state index contributed by atoms with van der Waals surface area (Å²) in [6.45, 7) is 2.71. The Morgan fingerprint density at radius 1 is 1.47 bits per heavy atom. The zero-order chi connectivity index (χ0) is 11.7. The standard InChI is InChI=1S/C12H17N3OS.2ClH/c16-11(14-6-9-7-17-8-15-9)10-5-12(10)1-3-13-4-2-12;;/h7-8,10,13H,1-6H2,(H,14,16);2*1H. The first-order valence-electron chi connectivity index (χ1n) is 6.16. The average Bonchev–Trinajstić information content (AvgIpc) is 2.82. The van der Waals surface area contributed by atoms with Crippen LogP contribution >= 0.6 is 36.2 Å². The highest BCUT2D eigenvalue weighted by Gasteiger charge is 2.57. The van der Waals surface area contributed by atoms with Crippen LogP contribution in [-0.2, 0) is 11.3 Å². The molecule has 2 aliphatic rings. The van der Waals surface area contributed by atoms with E-state index in [1.54, 1.807) is 16.8 Å². The number of carbonyl (C=O) groups excluding carboxylic acids is 1. The zero-order valence-electron chi connectivity index (χ0n) is 10.6. The maximum absolute atomic E-state index is 12.0. The van der Waals surface area contributed by atoms with E-state index in [0.29, 0.717) is 12.0 Å². The second-order valence-electron chi connectivity index (χ2n) is 5.07. The lowest BCUT2D eigenvalue weighted by atomic mass is 9.92. The molecule has 108 valence electrons. The molecule has 1 saturated carbocycles. The number of piperidine rings is 1. The molecule has 0 aromatic carbocycles. The molecule has 2 N–H and O–H groups in total. The lowest BCUT2D eigenvalue weighted by Crippen LogP contribution is -2.33. The number of nitrogens with zero attached hydrogens (tertiary/aromatic N) is 1. The molecule has 1 saturated heterocycles. The molecule has 7 heteroatoms. The van der Waals surface area contributed by atoms with E-state index in [0.717, 1.165) is 38.0 Å². The molecule has 19 heavy (non-hydrogen) atoms. The van der Waals surface area contributed by atoms with Gasteiger partial charge in [0.05, 0.1) is 17.7 Å². The summed E-state index contributed by atoms with van der Waals surface area (Å²) in [7, 11) is 0. The van der Waals surface area contributed by atoms with E-state index >= 15 is 0 Å². The Labute approximate surface area is 129 Å². The molecule has 0 bridgehead atoms. The maximum atomic E-state index is 12.0. The van der Waals surface area contributed by atoms with E-state index in [1.165, 1.54) is 0 Å². The fourth-order valence-corrected chi connectivity index (χ4v) is 3.38. The molecular formula is C12H19Cl2N3OS. The van der Waals surface area contributed by atoms with Crippen molar-refractivity contribution in [3.8, 4) is 0 Å². The fourth-order valence-electron chi connectivity index (χ4n) is 2.82. The Bertz CT molecular complexity index is 407. The molecule has 1 aliphatic heterocycles. The summed E-state index contributed by atoms with van der Waals surface area (Å²) < 4.78 is 0. The Morgan fingerprint density at radius 2 is 2.21 bits per heavy atom. The van der Waals surface area contributed by atoms with Crippen LogP contribution < -0.4 is 10.6 Å². The van der Waals surface area contributed by atoms with Crippen LogP contribution in [0.1, 0.15) is 25.0 Å². The number of thiazole rings is 1. The maximum Gasteiger partial charge on any atom is 0.224 e. The monoisotopic (exact) mass is 323 g/mol. The Kier molecular flexibility index (Phi) is 6.05. The van der Waals surface area contributed by atoms with Gasteiger partial charge >= 0.3 is 0 Å². The van der Waals surface area contributed by atoms with Gasteiger partial charge in [-0.15, -0.1) is 36.2 Å². The average molecular weight is 324 g/mol. The van der Waals surface area contributed by atoms with Crippen LogP contribution in [-0.4, -0.2) is 24.0 Å². The van der Waals surface area contributed by atoms with Crippen molar-refractivity contribution in [3.05, 3.63) is 16.6 Å². The third-order valence-corrected chi connectivity index (χ3v) is 4.67. The minimum absolute atomic E-state index is 0. The summed E-state index contributed by atoms with van der Waals surface area (Å²) in [4.78, 5) is 16.2. The van der Waals surface area contributed by atoms with Crippen LogP contribution in [0.25, 0.3) is 0 Å². The van der Waals surface area contributed by atoms with Gasteiger partial charge in [-0.05, 0) is 37.8 Å². The van der Waals surface area contributed by atoms with Crippen molar-refractivity contribution in [2.24, 2.45) is 11.3 Å². The van der Waals surface area contributed by atoms with Crippen LogP contribution in [0.5, 0.6) is 0 Å². The predicted octanol–water partition coefficient (Wildman–Crippen LogP) is 1.99. The van der Waals surface area contributed by atoms with Crippen LogP contribution in [0.15, 0.2) is 10.9 Å². The normalized spacial score (nSPS) is 23.1. The number of carbonyl (C=O) groups is 1. The molecule has 1 aliphatic carbocycles. The van der Waals surface area contributed by atoms with Crippen molar-refractivity contribution in [2.45, 2.75) is 25.8 Å². The Hall–Kier alpha value is -0.360. The van der Waals surface area contributed by atoms with Crippen LogP contribution in [0.3, 0.4) is 0 Å². The summed E-state index contributed by atoms with van der Waals surface area (Å²) in [6.07, 6.45) is 3.39. The third kappa shape index (κ3) is 3.60. The minimum atomic E-state index is 0. The second kappa shape index (κ2) is 6.88. The molecule has 4 nitrogen and oxygen atoms in total. The predicted molar refractivity (Wildman–Crippen MR) is 81.1 cm³/mol. The van der Waals surface area contributed by atoms with E-state index in [1.807, 2.05) is 5.38 Å². The quantitative estimate of drug-likeness (QED) is 0.894. The van der Waals surface area contributed by atoms with Gasteiger partial charge in [-0.25, -0.2) is 4.98 Å². The van der Waals surface area contributed by atoms with Crippen molar-refractivity contribution >= 4 is 42.1 Å². The minimum Gasteiger partial charge on any atom is -0.350 e. The van der Waals surface area contributed by atoms with Gasteiger partial charge in [0.2, 0.25) is 5.91 Å². The molecule has 2 fully saturated rings. The van der Waals surface area contributed by atoms with Crippen LogP contribution in [0, 0.1) is 11.3 Å². The highest BCUT2D eigenvalue weighted by atomic mass is 35.5. The molecule has 1 atom stereocenters. The number of hydrogen-bond donors (Lipinski definition) is 2. The number of amides is 1. The lowest BCUT2D eigenvalue weighted by Gasteiger charge is -2.23. The smallest absolute Gasteiger partial charge is 0.224 e. The van der Waals surface area contributed by atoms with Crippen molar-refractivity contribution in [3.63, 3.8) is 0 Å². The Morgan fingerprint density at radius 3 is 2.84 bits per heavy atom. The largest absolute Gasteiger partial charge is 0.350 e. The van der Waals surface area contributed by atoms with Crippen LogP contribution in [0.2, 0.25) is 0 Å². The van der Waals surface area contributed by atoms with E-state index < -0.39 is 0 Å². The lowest BCUT2D eigenvalue weighted by molar-refractivity contribution is -0.123. The first-order valence-corrected chi connectivity index (χ1v) is 7.10. The van der Waals surface area contributed by atoms with Crippen molar-refractivity contribution in [1.29, 1.82) is 0 Å². The SMILES string of the molecule is Cl.Cl.O=C(NCc1cscn1)C1CC12CCNCC2. The topological polar surface area (TPSA) is 54.0 Å². The summed E-state index contributed by atoms with van der Waals surface area (Å²) in [5, 5.41) is 8.34. The van der Waals surface area contributed by atoms with Gasteiger partial charge in [-0.2, -0.15) is 0 Å². The van der Waals surface area contributed by atoms with Gasteiger partial charge in [0.25, 0.3) is 0 Å². The van der Waals surface area contributed by atoms with Crippen molar-refractivity contribution in [2.75, 3.05) is 13.1 Å². The highest BCUT2D eigenvalue weighted by Crippen LogP contribution is 2.58. The van der Waals surface area contributed by atoms with Gasteiger partial charge in [0.1, 0.15) is 0 Å². The molecule has 1 unspecified atom stereocenters. The number of nitrogens with one attached hydrogen (secondary N) is 2. The summed E-state index contributed by atoms with van der Waals surface area (Å²) in [6, 6.07) is 0. The first-order chi connectivity index (χ1) is 8.30. The van der Waals surface area contributed by atoms with Gasteiger partial charge in [-0.3, -0.25) is 4.79 Å². The van der Waals surface area contributed by atoms with Gasteiger partial charge in [0, 0.05) is 11.3 Å².